The van der Waals surface area contributed by atoms with Crippen molar-refractivity contribution in [2.75, 3.05) is 30.4 Å². The molecule has 2 amide bonds. The third kappa shape index (κ3) is 4.57. The van der Waals surface area contributed by atoms with Gasteiger partial charge in [-0.25, -0.2) is 8.42 Å². The van der Waals surface area contributed by atoms with E-state index in [2.05, 4.69) is 5.32 Å². The van der Waals surface area contributed by atoms with E-state index in [1.54, 1.807) is 24.8 Å². The normalized spacial score (nSPS) is 15.8. The average molecular weight is 446 g/mol. The minimum atomic E-state index is -3.97. The molecule has 1 aliphatic heterocycles. The highest BCUT2D eigenvalue weighted by atomic mass is 32.2. The Hall–Kier alpha value is -2.91. The lowest BCUT2D eigenvalue weighted by molar-refractivity contribution is -0.122. The molecular weight excluding hydrogens is 418 g/mol. The molecule has 166 valence electrons. The number of aryl methyl sites for hydroxylation is 2. The summed E-state index contributed by atoms with van der Waals surface area (Å²) in [6.45, 7) is 7.10. The second-order valence-corrected chi connectivity index (χ2v) is 9.61. The molecule has 0 aliphatic carbocycles. The molecule has 0 radical (unpaired) electrons. The van der Waals surface area contributed by atoms with Gasteiger partial charge in [0.15, 0.2) is 6.10 Å². The fraction of sp³-hybridized carbons (Fsp3) is 0.364. The van der Waals surface area contributed by atoms with Crippen molar-refractivity contribution in [2.45, 2.75) is 38.7 Å². The number of hydrogen-bond acceptors (Lipinski definition) is 5. The summed E-state index contributed by atoms with van der Waals surface area (Å²) in [7, 11) is -2.59. The number of anilines is 2. The maximum Gasteiger partial charge on any atom is 0.265 e. The second kappa shape index (κ2) is 8.68. The Labute approximate surface area is 182 Å². The topological polar surface area (TPSA) is 96.0 Å². The number of nitrogens with zero attached hydrogens (tertiary/aromatic N) is 2. The number of sulfonamides is 1. The lowest BCUT2D eigenvalue weighted by atomic mass is 10.1. The van der Waals surface area contributed by atoms with E-state index in [1.807, 2.05) is 38.1 Å². The molecule has 1 N–H and O–H groups in total. The van der Waals surface area contributed by atoms with Crippen LogP contribution in [0.4, 0.5) is 11.4 Å². The van der Waals surface area contributed by atoms with Gasteiger partial charge in [-0.3, -0.25) is 9.59 Å². The highest BCUT2D eigenvalue weighted by Gasteiger charge is 2.30. The molecule has 0 unspecified atom stereocenters. The molecule has 1 aliphatic rings. The van der Waals surface area contributed by atoms with Crippen LogP contribution in [0.1, 0.15) is 25.0 Å². The summed E-state index contributed by atoms with van der Waals surface area (Å²) in [6, 6.07) is 10.5. The number of hydrogen-bond donors (Lipinski definition) is 1. The van der Waals surface area contributed by atoms with Crippen LogP contribution in [0, 0.1) is 13.8 Å². The minimum absolute atomic E-state index is 0.0310. The zero-order chi connectivity index (χ0) is 22.9. The fourth-order valence-electron chi connectivity index (χ4n) is 3.45. The molecule has 0 fully saturated rings. The average Bonchev–Trinajstić information content (AvgIpc) is 2.69. The highest BCUT2D eigenvalue weighted by Crippen LogP contribution is 2.35. The Balaban J connectivity index is 1.86. The molecule has 31 heavy (non-hydrogen) atoms. The lowest BCUT2D eigenvalue weighted by Crippen LogP contribution is -2.41. The number of benzene rings is 2. The quantitative estimate of drug-likeness (QED) is 0.738. The number of carbonyl (C=O) groups is 2. The molecular formula is C22H27N3O5S. The number of rotatable bonds is 6. The Morgan fingerprint density at radius 3 is 2.55 bits per heavy atom. The molecule has 2 aromatic rings. The molecule has 0 aromatic heterocycles. The van der Waals surface area contributed by atoms with Gasteiger partial charge in [-0.2, -0.15) is 4.31 Å². The minimum Gasteiger partial charge on any atom is -0.479 e. The summed E-state index contributed by atoms with van der Waals surface area (Å²) in [6.07, 6.45) is -0.725. The Kier molecular flexibility index (Phi) is 6.38. The van der Waals surface area contributed by atoms with Crippen LogP contribution in [0.25, 0.3) is 0 Å². The first-order valence-electron chi connectivity index (χ1n) is 10.00. The fourth-order valence-corrected chi connectivity index (χ4v) is 4.79. The van der Waals surface area contributed by atoms with E-state index < -0.39 is 16.1 Å². The van der Waals surface area contributed by atoms with Gasteiger partial charge in [-0.15, -0.1) is 0 Å². The van der Waals surface area contributed by atoms with Gasteiger partial charge in [0.2, 0.25) is 15.9 Å². The van der Waals surface area contributed by atoms with Crippen molar-refractivity contribution in [3.8, 4) is 5.75 Å². The standard InChI is InChI=1S/C22H27N3O5S/c1-6-25(17-9-7-8-14(2)10-17)21(26)13-24(5)31(28,29)20-12-19-18(11-15(20)3)23-22(27)16(4)30-19/h7-12,16H,6,13H2,1-5H3,(H,23,27)/t16-/m1/s1. The van der Waals surface area contributed by atoms with Crippen LogP contribution in [-0.2, 0) is 19.6 Å². The highest BCUT2D eigenvalue weighted by molar-refractivity contribution is 7.89. The summed E-state index contributed by atoms with van der Waals surface area (Å²) in [4.78, 5) is 26.3. The Morgan fingerprint density at radius 1 is 1.19 bits per heavy atom. The molecule has 0 spiro atoms. The SMILES string of the molecule is CCN(C(=O)CN(C)S(=O)(=O)c1cc2c(cc1C)NC(=O)[C@@H](C)O2)c1cccc(C)c1. The second-order valence-electron chi connectivity index (χ2n) is 7.60. The Bertz CT molecular complexity index is 1130. The van der Waals surface area contributed by atoms with E-state index in [1.165, 1.54) is 13.1 Å². The molecule has 3 rings (SSSR count). The third-order valence-electron chi connectivity index (χ3n) is 5.18. The summed E-state index contributed by atoms with van der Waals surface area (Å²) >= 11 is 0. The van der Waals surface area contributed by atoms with Crippen molar-refractivity contribution < 1.29 is 22.7 Å². The van der Waals surface area contributed by atoms with Crippen molar-refractivity contribution in [1.29, 1.82) is 0 Å². The van der Waals surface area contributed by atoms with Gasteiger partial charge in [0.25, 0.3) is 5.91 Å². The number of fused-ring (bicyclic) bond motifs is 1. The first-order chi connectivity index (χ1) is 14.5. The molecule has 1 heterocycles. The van der Waals surface area contributed by atoms with Gasteiger partial charge in [-0.1, -0.05) is 12.1 Å². The third-order valence-corrected chi connectivity index (χ3v) is 7.13. The van der Waals surface area contributed by atoms with Crippen LogP contribution in [0.3, 0.4) is 0 Å². The summed E-state index contributed by atoms with van der Waals surface area (Å²) in [5.74, 6) is -0.334. The molecule has 2 aromatic carbocycles. The monoisotopic (exact) mass is 445 g/mol. The van der Waals surface area contributed by atoms with Crippen molar-refractivity contribution in [2.24, 2.45) is 0 Å². The van der Waals surface area contributed by atoms with Crippen LogP contribution < -0.4 is 15.0 Å². The predicted molar refractivity (Wildman–Crippen MR) is 119 cm³/mol. The van der Waals surface area contributed by atoms with Gasteiger partial charge in [0.05, 0.1) is 17.1 Å². The van der Waals surface area contributed by atoms with Crippen molar-refractivity contribution in [3.63, 3.8) is 0 Å². The van der Waals surface area contributed by atoms with E-state index in [0.29, 0.717) is 17.8 Å². The van der Waals surface area contributed by atoms with Gasteiger partial charge in [-0.05, 0) is 57.0 Å². The van der Waals surface area contributed by atoms with Crippen molar-refractivity contribution in [1.82, 2.24) is 4.31 Å². The number of ether oxygens (including phenoxy) is 1. The van der Waals surface area contributed by atoms with Crippen LogP contribution in [-0.4, -0.2) is 50.8 Å². The maximum atomic E-state index is 13.2. The summed E-state index contributed by atoms with van der Waals surface area (Å²) < 4.78 is 33.1. The van der Waals surface area contributed by atoms with E-state index in [-0.39, 0.29) is 29.0 Å². The zero-order valence-electron chi connectivity index (χ0n) is 18.3. The smallest absolute Gasteiger partial charge is 0.265 e. The molecule has 0 bridgehead atoms. The molecule has 8 nitrogen and oxygen atoms in total. The number of amides is 2. The largest absolute Gasteiger partial charge is 0.479 e. The zero-order valence-corrected chi connectivity index (χ0v) is 19.1. The Morgan fingerprint density at radius 2 is 1.90 bits per heavy atom. The molecule has 0 saturated heterocycles. The molecule has 0 saturated carbocycles. The van der Waals surface area contributed by atoms with Crippen LogP contribution in [0.2, 0.25) is 0 Å². The van der Waals surface area contributed by atoms with Crippen LogP contribution in [0.15, 0.2) is 41.3 Å². The van der Waals surface area contributed by atoms with Gasteiger partial charge >= 0.3 is 0 Å². The first-order valence-corrected chi connectivity index (χ1v) is 11.4. The van der Waals surface area contributed by atoms with E-state index in [0.717, 1.165) is 15.6 Å². The lowest BCUT2D eigenvalue weighted by Gasteiger charge is -2.27. The predicted octanol–water partition coefficient (Wildman–Crippen LogP) is 2.70. The number of nitrogens with one attached hydrogen (secondary N) is 1. The van der Waals surface area contributed by atoms with E-state index in [9.17, 15) is 18.0 Å². The maximum absolute atomic E-state index is 13.2. The molecule has 1 atom stereocenters. The van der Waals surface area contributed by atoms with Gasteiger partial charge in [0, 0.05) is 25.3 Å². The first kappa shape index (κ1) is 22.8. The van der Waals surface area contributed by atoms with Crippen LogP contribution in [0.5, 0.6) is 5.75 Å². The van der Waals surface area contributed by atoms with Gasteiger partial charge < -0.3 is 15.0 Å². The number of carbonyl (C=O) groups excluding carboxylic acids is 2. The van der Waals surface area contributed by atoms with Crippen molar-refractivity contribution in [3.05, 3.63) is 47.5 Å². The van der Waals surface area contributed by atoms with Gasteiger partial charge in [0.1, 0.15) is 5.75 Å². The van der Waals surface area contributed by atoms with E-state index >= 15 is 0 Å². The van der Waals surface area contributed by atoms with Crippen molar-refractivity contribution >= 4 is 33.2 Å². The summed E-state index contributed by atoms with van der Waals surface area (Å²) in [5, 5.41) is 2.70. The van der Waals surface area contributed by atoms with E-state index in [4.69, 9.17) is 4.74 Å². The van der Waals surface area contributed by atoms with Crippen LogP contribution >= 0.6 is 0 Å². The number of likely N-dealkylation sites (N-methyl/N-ethyl adjacent to an activating group) is 2. The molecule has 9 heteroatoms. The summed E-state index contributed by atoms with van der Waals surface area (Å²) in [5.41, 5.74) is 2.61.